The van der Waals surface area contributed by atoms with E-state index in [-0.39, 0.29) is 17.7 Å². The highest BCUT2D eigenvalue weighted by atomic mass is 35.5. The van der Waals surface area contributed by atoms with Crippen LogP contribution in [0.15, 0.2) is 18.2 Å². The van der Waals surface area contributed by atoms with E-state index in [2.05, 4.69) is 10.6 Å². The lowest BCUT2D eigenvalue weighted by molar-refractivity contribution is 0.233. The summed E-state index contributed by atoms with van der Waals surface area (Å²) in [6.07, 6.45) is 4.46. The average Bonchev–Trinajstić information content (AvgIpc) is 2.89. The molecule has 2 N–H and O–H groups in total. The smallest absolute Gasteiger partial charge is 0.315 e. The van der Waals surface area contributed by atoms with Gasteiger partial charge in [-0.1, -0.05) is 24.4 Å². The summed E-state index contributed by atoms with van der Waals surface area (Å²) >= 11 is 5.82. The Balaban J connectivity index is 1.64. The van der Waals surface area contributed by atoms with Gasteiger partial charge in [0.15, 0.2) is 0 Å². The number of hydrogen-bond acceptors (Lipinski definition) is 2. The standard InChI is InChI=1S/C14H18ClFN2O2/c15-12-9-10(16)5-6-13(12)20-8-7-17-14(19)18-11-3-1-2-4-11/h5-6,9,11H,1-4,7-8H2,(H2,17,18,19). The van der Waals surface area contributed by atoms with Crippen molar-refractivity contribution in [3.8, 4) is 5.75 Å². The average molecular weight is 301 g/mol. The lowest BCUT2D eigenvalue weighted by Gasteiger charge is -2.13. The van der Waals surface area contributed by atoms with Crippen LogP contribution < -0.4 is 15.4 Å². The number of rotatable bonds is 5. The van der Waals surface area contributed by atoms with Gasteiger partial charge in [0.1, 0.15) is 18.2 Å². The summed E-state index contributed by atoms with van der Waals surface area (Å²) in [6.45, 7) is 0.649. The number of nitrogens with one attached hydrogen (secondary N) is 2. The number of hydrogen-bond donors (Lipinski definition) is 2. The second-order valence-corrected chi connectivity index (χ2v) is 5.21. The molecule has 0 bridgehead atoms. The van der Waals surface area contributed by atoms with Gasteiger partial charge in [0.25, 0.3) is 0 Å². The van der Waals surface area contributed by atoms with E-state index in [0.717, 1.165) is 12.8 Å². The van der Waals surface area contributed by atoms with Crippen molar-refractivity contribution >= 4 is 17.6 Å². The minimum atomic E-state index is -0.406. The highest BCUT2D eigenvalue weighted by molar-refractivity contribution is 6.32. The zero-order valence-corrected chi connectivity index (χ0v) is 11.9. The number of amides is 2. The van der Waals surface area contributed by atoms with Crippen LogP contribution in [0.2, 0.25) is 5.02 Å². The lowest BCUT2D eigenvalue weighted by Crippen LogP contribution is -2.42. The zero-order chi connectivity index (χ0) is 14.4. The largest absolute Gasteiger partial charge is 0.490 e. The van der Waals surface area contributed by atoms with Crippen LogP contribution in [0.4, 0.5) is 9.18 Å². The normalized spacial score (nSPS) is 15.1. The summed E-state index contributed by atoms with van der Waals surface area (Å²) in [5.74, 6) is 0.00230. The van der Waals surface area contributed by atoms with E-state index in [1.54, 1.807) is 0 Å². The number of halogens is 2. The molecule has 0 radical (unpaired) electrons. The summed E-state index contributed by atoms with van der Waals surface area (Å²) in [6, 6.07) is 4.06. The molecule has 0 aromatic heterocycles. The summed E-state index contributed by atoms with van der Waals surface area (Å²) in [5.41, 5.74) is 0. The first-order valence-corrected chi connectivity index (χ1v) is 7.15. The van der Waals surface area contributed by atoms with Crippen LogP contribution >= 0.6 is 11.6 Å². The molecule has 1 saturated carbocycles. The second-order valence-electron chi connectivity index (χ2n) is 4.80. The summed E-state index contributed by atoms with van der Waals surface area (Å²) in [4.78, 5) is 11.6. The molecule has 1 aromatic rings. The molecule has 0 unspecified atom stereocenters. The quantitative estimate of drug-likeness (QED) is 0.821. The van der Waals surface area contributed by atoms with Crippen molar-refractivity contribution in [2.45, 2.75) is 31.7 Å². The molecule has 2 rings (SSSR count). The van der Waals surface area contributed by atoms with Crippen molar-refractivity contribution < 1.29 is 13.9 Å². The van der Waals surface area contributed by atoms with Gasteiger partial charge in [0.05, 0.1) is 11.6 Å². The molecule has 0 spiro atoms. The number of carbonyl (C=O) groups excluding carboxylic acids is 1. The van der Waals surface area contributed by atoms with Crippen LogP contribution in [0.1, 0.15) is 25.7 Å². The fourth-order valence-electron chi connectivity index (χ4n) is 2.22. The van der Waals surface area contributed by atoms with Crippen molar-refractivity contribution in [1.29, 1.82) is 0 Å². The molecule has 1 aliphatic rings. The number of urea groups is 1. The molecule has 0 saturated heterocycles. The molecule has 20 heavy (non-hydrogen) atoms. The summed E-state index contributed by atoms with van der Waals surface area (Å²) < 4.78 is 18.2. The van der Waals surface area contributed by atoms with E-state index in [9.17, 15) is 9.18 Å². The lowest BCUT2D eigenvalue weighted by atomic mass is 10.2. The van der Waals surface area contributed by atoms with Gasteiger partial charge in [-0.15, -0.1) is 0 Å². The van der Waals surface area contributed by atoms with Crippen molar-refractivity contribution in [3.05, 3.63) is 29.0 Å². The van der Waals surface area contributed by atoms with E-state index in [4.69, 9.17) is 16.3 Å². The van der Waals surface area contributed by atoms with Crippen LogP contribution in [0.5, 0.6) is 5.75 Å². The van der Waals surface area contributed by atoms with Crippen LogP contribution in [-0.2, 0) is 0 Å². The van der Waals surface area contributed by atoms with Gasteiger partial charge < -0.3 is 15.4 Å². The van der Waals surface area contributed by atoms with Crippen molar-refractivity contribution in [2.75, 3.05) is 13.2 Å². The van der Waals surface area contributed by atoms with E-state index < -0.39 is 5.82 Å². The fourth-order valence-corrected chi connectivity index (χ4v) is 2.45. The maximum atomic E-state index is 12.8. The van der Waals surface area contributed by atoms with Crippen LogP contribution in [0.3, 0.4) is 0 Å². The number of ether oxygens (including phenoxy) is 1. The maximum absolute atomic E-state index is 12.8. The third-order valence-electron chi connectivity index (χ3n) is 3.23. The summed E-state index contributed by atoms with van der Waals surface area (Å²) in [5, 5.41) is 5.86. The van der Waals surface area contributed by atoms with E-state index in [1.165, 1.54) is 31.0 Å². The molecular weight excluding hydrogens is 283 g/mol. The topological polar surface area (TPSA) is 50.4 Å². The molecular formula is C14H18ClFN2O2. The summed E-state index contributed by atoms with van der Waals surface area (Å²) in [7, 11) is 0. The van der Waals surface area contributed by atoms with Gasteiger partial charge in [-0.25, -0.2) is 9.18 Å². The Morgan fingerprint density at radius 2 is 2.15 bits per heavy atom. The molecule has 110 valence electrons. The predicted molar refractivity (Wildman–Crippen MR) is 75.7 cm³/mol. The van der Waals surface area contributed by atoms with Crippen molar-refractivity contribution in [3.63, 3.8) is 0 Å². The van der Waals surface area contributed by atoms with Gasteiger partial charge in [0.2, 0.25) is 0 Å². The number of benzene rings is 1. The molecule has 4 nitrogen and oxygen atoms in total. The molecule has 0 heterocycles. The first kappa shape index (κ1) is 14.9. The fraction of sp³-hybridized carbons (Fsp3) is 0.500. The Kier molecular flexibility index (Phi) is 5.47. The minimum absolute atomic E-state index is 0.175. The van der Waals surface area contributed by atoms with E-state index in [0.29, 0.717) is 18.3 Å². The Morgan fingerprint density at radius 3 is 2.85 bits per heavy atom. The van der Waals surface area contributed by atoms with E-state index >= 15 is 0 Å². The maximum Gasteiger partial charge on any atom is 0.315 e. The monoisotopic (exact) mass is 300 g/mol. The van der Waals surface area contributed by atoms with Gasteiger partial charge in [-0.2, -0.15) is 0 Å². The van der Waals surface area contributed by atoms with Crippen LogP contribution in [0, 0.1) is 5.82 Å². The Bertz CT molecular complexity index is 464. The zero-order valence-electron chi connectivity index (χ0n) is 11.1. The van der Waals surface area contributed by atoms with Gasteiger partial charge in [-0.05, 0) is 31.0 Å². The molecule has 0 atom stereocenters. The molecule has 1 fully saturated rings. The Labute approximate surface area is 122 Å². The first-order valence-electron chi connectivity index (χ1n) is 6.77. The van der Waals surface area contributed by atoms with Gasteiger partial charge in [-0.3, -0.25) is 0 Å². The second kappa shape index (κ2) is 7.33. The SMILES string of the molecule is O=C(NCCOc1ccc(F)cc1Cl)NC1CCCC1. The predicted octanol–water partition coefficient (Wildman–Crippen LogP) is 3.10. The van der Waals surface area contributed by atoms with Crippen molar-refractivity contribution in [2.24, 2.45) is 0 Å². The highest BCUT2D eigenvalue weighted by Crippen LogP contribution is 2.24. The Hall–Kier alpha value is -1.49. The molecule has 0 aliphatic heterocycles. The Morgan fingerprint density at radius 1 is 1.40 bits per heavy atom. The van der Waals surface area contributed by atoms with Crippen LogP contribution in [-0.4, -0.2) is 25.2 Å². The first-order chi connectivity index (χ1) is 9.65. The number of carbonyl (C=O) groups is 1. The van der Waals surface area contributed by atoms with Gasteiger partial charge in [0, 0.05) is 6.04 Å². The highest BCUT2D eigenvalue weighted by Gasteiger charge is 2.16. The third-order valence-corrected chi connectivity index (χ3v) is 3.52. The molecule has 1 aliphatic carbocycles. The molecule has 1 aromatic carbocycles. The van der Waals surface area contributed by atoms with Gasteiger partial charge >= 0.3 is 6.03 Å². The van der Waals surface area contributed by atoms with Crippen LogP contribution in [0.25, 0.3) is 0 Å². The molecule has 6 heteroatoms. The third kappa shape index (κ3) is 4.56. The van der Waals surface area contributed by atoms with E-state index in [1.807, 2.05) is 0 Å². The minimum Gasteiger partial charge on any atom is -0.490 e. The van der Waals surface area contributed by atoms with Crippen molar-refractivity contribution in [1.82, 2.24) is 10.6 Å². The molecule has 2 amide bonds.